The van der Waals surface area contributed by atoms with Crippen LogP contribution in [0.2, 0.25) is 0 Å². The van der Waals surface area contributed by atoms with Crippen LogP contribution in [0.5, 0.6) is 0 Å². The smallest absolute Gasteiger partial charge is 0.0946 e. The van der Waals surface area contributed by atoms with E-state index in [9.17, 15) is 0 Å². The van der Waals surface area contributed by atoms with Gasteiger partial charge in [0.15, 0.2) is 0 Å². The predicted octanol–water partition coefficient (Wildman–Crippen LogP) is 1.30. The summed E-state index contributed by atoms with van der Waals surface area (Å²) in [5.74, 6) is 0. The standard InChI is InChI=1S/C13H24N4/c1-2-3-5-15-7-9-16(10-8-15)11-12-17-6-4-14-13-17/h4,6,13H,2-3,5,7-12H2,1H3. The first-order valence-corrected chi connectivity index (χ1v) is 6.79. The fourth-order valence-electron chi connectivity index (χ4n) is 2.29. The van der Waals surface area contributed by atoms with Crippen LogP contribution in [-0.2, 0) is 6.54 Å². The summed E-state index contributed by atoms with van der Waals surface area (Å²) in [6.45, 7) is 10.7. The van der Waals surface area contributed by atoms with Crippen LogP contribution in [0.25, 0.3) is 0 Å². The minimum absolute atomic E-state index is 1.06. The molecule has 2 rings (SSSR count). The van der Waals surface area contributed by atoms with Gasteiger partial charge in [-0.25, -0.2) is 4.98 Å². The number of aromatic nitrogens is 2. The van der Waals surface area contributed by atoms with E-state index in [1.807, 2.05) is 18.7 Å². The lowest BCUT2D eigenvalue weighted by Crippen LogP contribution is -2.47. The summed E-state index contributed by atoms with van der Waals surface area (Å²) in [6.07, 6.45) is 8.44. The van der Waals surface area contributed by atoms with Gasteiger partial charge in [-0.3, -0.25) is 4.90 Å². The normalized spacial score (nSPS) is 18.6. The third kappa shape index (κ3) is 4.13. The van der Waals surface area contributed by atoms with Crippen molar-refractivity contribution in [1.82, 2.24) is 19.4 Å². The van der Waals surface area contributed by atoms with Gasteiger partial charge in [-0.05, 0) is 13.0 Å². The molecular formula is C13H24N4. The SMILES string of the molecule is CCCCN1CCN(CCn2ccnc2)CC1. The highest BCUT2D eigenvalue weighted by Crippen LogP contribution is 2.03. The molecule has 1 aromatic heterocycles. The monoisotopic (exact) mass is 236 g/mol. The molecular weight excluding hydrogens is 212 g/mol. The van der Waals surface area contributed by atoms with Crippen molar-refractivity contribution in [2.24, 2.45) is 0 Å². The Kier molecular flexibility index (Phi) is 5.01. The summed E-state index contributed by atoms with van der Waals surface area (Å²) in [5, 5.41) is 0. The van der Waals surface area contributed by atoms with Crippen LogP contribution >= 0.6 is 0 Å². The van der Waals surface area contributed by atoms with E-state index in [2.05, 4.69) is 26.3 Å². The third-order valence-electron chi connectivity index (χ3n) is 3.53. The topological polar surface area (TPSA) is 24.3 Å². The molecule has 1 aromatic rings. The first-order chi connectivity index (χ1) is 8.38. The average Bonchev–Trinajstić information content (AvgIpc) is 2.88. The van der Waals surface area contributed by atoms with Gasteiger partial charge in [0.05, 0.1) is 6.33 Å². The van der Waals surface area contributed by atoms with E-state index in [0.717, 1.165) is 13.1 Å². The second kappa shape index (κ2) is 6.77. The van der Waals surface area contributed by atoms with Gasteiger partial charge in [-0.1, -0.05) is 13.3 Å². The minimum Gasteiger partial charge on any atom is -0.336 e. The quantitative estimate of drug-likeness (QED) is 0.744. The molecule has 0 radical (unpaired) electrons. The van der Waals surface area contributed by atoms with Crippen molar-refractivity contribution in [3.63, 3.8) is 0 Å². The summed E-state index contributed by atoms with van der Waals surface area (Å²) in [4.78, 5) is 9.22. The average molecular weight is 236 g/mol. The molecule has 0 aliphatic carbocycles. The lowest BCUT2D eigenvalue weighted by atomic mass is 10.2. The molecule has 0 N–H and O–H groups in total. The van der Waals surface area contributed by atoms with E-state index >= 15 is 0 Å². The maximum absolute atomic E-state index is 4.07. The van der Waals surface area contributed by atoms with E-state index in [1.54, 1.807) is 0 Å². The van der Waals surface area contributed by atoms with Crippen LogP contribution in [0.15, 0.2) is 18.7 Å². The molecule has 0 amide bonds. The van der Waals surface area contributed by atoms with Crippen molar-refractivity contribution in [1.29, 1.82) is 0 Å². The molecule has 4 nitrogen and oxygen atoms in total. The van der Waals surface area contributed by atoms with Crippen LogP contribution in [-0.4, -0.2) is 58.6 Å². The van der Waals surface area contributed by atoms with Crippen molar-refractivity contribution in [3.05, 3.63) is 18.7 Å². The summed E-state index contributed by atoms with van der Waals surface area (Å²) in [5.41, 5.74) is 0. The van der Waals surface area contributed by atoms with Crippen LogP contribution < -0.4 is 0 Å². The molecule has 17 heavy (non-hydrogen) atoms. The van der Waals surface area contributed by atoms with Gasteiger partial charge in [-0.2, -0.15) is 0 Å². The zero-order valence-corrected chi connectivity index (χ0v) is 10.9. The van der Waals surface area contributed by atoms with Crippen LogP contribution in [0, 0.1) is 0 Å². The van der Waals surface area contributed by atoms with Gasteiger partial charge in [0.25, 0.3) is 0 Å². The molecule has 0 bridgehead atoms. The second-order valence-corrected chi connectivity index (χ2v) is 4.84. The van der Waals surface area contributed by atoms with E-state index in [1.165, 1.54) is 45.6 Å². The summed E-state index contributed by atoms with van der Waals surface area (Å²) in [6, 6.07) is 0. The molecule has 1 aliphatic rings. The Bertz CT molecular complexity index is 288. The molecule has 0 unspecified atom stereocenters. The third-order valence-corrected chi connectivity index (χ3v) is 3.53. The number of hydrogen-bond acceptors (Lipinski definition) is 3. The Morgan fingerprint density at radius 1 is 1.00 bits per heavy atom. The number of hydrogen-bond donors (Lipinski definition) is 0. The number of rotatable bonds is 6. The minimum atomic E-state index is 1.06. The fraction of sp³-hybridized carbons (Fsp3) is 0.769. The molecule has 0 spiro atoms. The second-order valence-electron chi connectivity index (χ2n) is 4.84. The Morgan fingerprint density at radius 2 is 1.71 bits per heavy atom. The first-order valence-electron chi connectivity index (χ1n) is 6.79. The summed E-state index contributed by atoms with van der Waals surface area (Å²) in [7, 11) is 0. The van der Waals surface area contributed by atoms with E-state index in [4.69, 9.17) is 0 Å². The van der Waals surface area contributed by atoms with Crippen LogP contribution in [0.1, 0.15) is 19.8 Å². The zero-order chi connectivity index (χ0) is 11.9. The van der Waals surface area contributed by atoms with Gasteiger partial charge in [-0.15, -0.1) is 0 Å². The molecule has 0 saturated carbocycles. The van der Waals surface area contributed by atoms with Crippen molar-refractivity contribution in [2.75, 3.05) is 39.3 Å². The number of imidazole rings is 1. The Morgan fingerprint density at radius 3 is 2.29 bits per heavy atom. The molecule has 4 heteroatoms. The Hall–Kier alpha value is -0.870. The van der Waals surface area contributed by atoms with E-state index in [-0.39, 0.29) is 0 Å². The molecule has 0 aromatic carbocycles. The predicted molar refractivity (Wildman–Crippen MR) is 70.0 cm³/mol. The Balaban J connectivity index is 1.62. The molecule has 1 aliphatic heterocycles. The van der Waals surface area contributed by atoms with E-state index in [0.29, 0.717) is 0 Å². The summed E-state index contributed by atoms with van der Waals surface area (Å²) >= 11 is 0. The molecule has 1 saturated heterocycles. The van der Waals surface area contributed by atoms with Crippen molar-refractivity contribution < 1.29 is 0 Å². The zero-order valence-electron chi connectivity index (χ0n) is 10.9. The Labute approximate surface area is 104 Å². The highest BCUT2D eigenvalue weighted by atomic mass is 15.3. The maximum atomic E-state index is 4.07. The lowest BCUT2D eigenvalue weighted by molar-refractivity contribution is 0.128. The molecule has 96 valence electrons. The lowest BCUT2D eigenvalue weighted by Gasteiger charge is -2.34. The van der Waals surface area contributed by atoms with E-state index < -0.39 is 0 Å². The van der Waals surface area contributed by atoms with Crippen LogP contribution in [0.3, 0.4) is 0 Å². The number of nitrogens with zero attached hydrogens (tertiary/aromatic N) is 4. The fourth-order valence-corrected chi connectivity index (χ4v) is 2.29. The molecule has 0 atom stereocenters. The molecule has 2 heterocycles. The first kappa shape index (κ1) is 12.6. The van der Waals surface area contributed by atoms with Crippen LogP contribution in [0.4, 0.5) is 0 Å². The van der Waals surface area contributed by atoms with Gasteiger partial charge in [0, 0.05) is 51.7 Å². The highest BCUT2D eigenvalue weighted by Gasteiger charge is 2.15. The maximum Gasteiger partial charge on any atom is 0.0946 e. The van der Waals surface area contributed by atoms with Gasteiger partial charge in [0.2, 0.25) is 0 Å². The summed E-state index contributed by atoms with van der Waals surface area (Å²) < 4.78 is 2.16. The van der Waals surface area contributed by atoms with Crippen molar-refractivity contribution >= 4 is 0 Å². The number of piperazine rings is 1. The van der Waals surface area contributed by atoms with Crippen molar-refractivity contribution in [3.8, 4) is 0 Å². The van der Waals surface area contributed by atoms with Gasteiger partial charge in [0.1, 0.15) is 0 Å². The number of unbranched alkanes of at least 4 members (excludes halogenated alkanes) is 1. The molecule has 1 fully saturated rings. The van der Waals surface area contributed by atoms with Crippen molar-refractivity contribution in [2.45, 2.75) is 26.3 Å². The largest absolute Gasteiger partial charge is 0.336 e. The van der Waals surface area contributed by atoms with Gasteiger partial charge < -0.3 is 9.47 Å². The highest BCUT2D eigenvalue weighted by molar-refractivity contribution is 4.76. The van der Waals surface area contributed by atoms with Gasteiger partial charge >= 0.3 is 0 Å².